The first kappa shape index (κ1) is 32.4. The van der Waals surface area contributed by atoms with Crippen LogP contribution in [0.15, 0.2) is 91.0 Å². The fourth-order valence-electron chi connectivity index (χ4n) is 7.23. The molecule has 3 nitrogen and oxygen atoms in total. The third-order valence-corrected chi connectivity index (χ3v) is 18.6. The van der Waals surface area contributed by atoms with Crippen molar-refractivity contribution in [1.29, 1.82) is 0 Å². The molecule has 0 aliphatic heterocycles. The van der Waals surface area contributed by atoms with Crippen molar-refractivity contribution in [3.8, 4) is 0 Å². The molecule has 1 saturated carbocycles. The lowest BCUT2D eigenvalue weighted by molar-refractivity contribution is -0.155. The summed E-state index contributed by atoms with van der Waals surface area (Å²) in [6.07, 6.45) is 2.03. The standard InChI is InChI=1S/C37H52O3Si2/c1-29-25-37(31-19-13-10-14-20-31,28-39-34(38)35(2,3)4)26-30(29)27-41(8,9)40-42(36(5,6)7,32-21-15-11-16-22-32)33-23-17-12-18-24-33/h10-24,29-30H,25-28H2,1-9H3/t29-,30+,37-/m0/s1. The van der Waals surface area contributed by atoms with E-state index in [1.165, 1.54) is 15.9 Å². The van der Waals surface area contributed by atoms with Gasteiger partial charge in [-0.15, -0.1) is 0 Å². The minimum absolute atomic E-state index is 0.0454. The Bertz CT molecular complexity index is 1270. The number of hydrogen-bond donors (Lipinski definition) is 0. The Labute approximate surface area is 257 Å². The summed E-state index contributed by atoms with van der Waals surface area (Å²) in [7, 11) is -4.84. The Morgan fingerprint density at radius 3 is 1.71 bits per heavy atom. The van der Waals surface area contributed by atoms with Crippen LogP contribution in [0.5, 0.6) is 0 Å². The second-order valence-electron chi connectivity index (χ2n) is 15.3. The van der Waals surface area contributed by atoms with Crippen LogP contribution >= 0.6 is 0 Å². The molecule has 0 spiro atoms. The first-order valence-corrected chi connectivity index (χ1v) is 20.7. The van der Waals surface area contributed by atoms with Crippen molar-refractivity contribution in [2.45, 2.75) is 90.9 Å². The molecular formula is C37H52O3Si2. The van der Waals surface area contributed by atoms with Gasteiger partial charge in [0, 0.05) is 5.41 Å². The van der Waals surface area contributed by atoms with Crippen molar-refractivity contribution in [2.24, 2.45) is 17.3 Å². The van der Waals surface area contributed by atoms with Crippen LogP contribution in [0.2, 0.25) is 24.2 Å². The zero-order valence-electron chi connectivity index (χ0n) is 27.4. The van der Waals surface area contributed by atoms with Gasteiger partial charge < -0.3 is 8.85 Å². The highest BCUT2D eigenvalue weighted by molar-refractivity contribution is 7.04. The Hall–Kier alpha value is -2.48. The number of carbonyl (C=O) groups is 1. The van der Waals surface area contributed by atoms with Gasteiger partial charge in [-0.3, -0.25) is 4.79 Å². The maximum absolute atomic E-state index is 12.9. The largest absolute Gasteiger partial charge is 0.464 e. The Balaban J connectivity index is 1.67. The van der Waals surface area contributed by atoms with Gasteiger partial charge in [-0.05, 0) is 85.6 Å². The molecule has 3 aromatic rings. The van der Waals surface area contributed by atoms with Crippen molar-refractivity contribution in [3.63, 3.8) is 0 Å². The van der Waals surface area contributed by atoms with E-state index in [1.807, 2.05) is 20.8 Å². The van der Waals surface area contributed by atoms with Crippen LogP contribution in [-0.2, 0) is 19.1 Å². The van der Waals surface area contributed by atoms with Crippen LogP contribution in [0.25, 0.3) is 0 Å². The van der Waals surface area contributed by atoms with Crippen LogP contribution in [0.4, 0.5) is 0 Å². The quantitative estimate of drug-likeness (QED) is 0.183. The van der Waals surface area contributed by atoms with Crippen LogP contribution in [-0.4, -0.2) is 29.2 Å². The number of rotatable bonds is 9. The first-order valence-electron chi connectivity index (χ1n) is 15.6. The molecule has 5 heteroatoms. The summed E-state index contributed by atoms with van der Waals surface area (Å²) < 4.78 is 13.8. The highest BCUT2D eigenvalue weighted by Gasteiger charge is 2.54. The van der Waals surface area contributed by atoms with Crippen molar-refractivity contribution >= 4 is 33.0 Å². The van der Waals surface area contributed by atoms with E-state index in [1.54, 1.807) is 0 Å². The van der Waals surface area contributed by atoms with E-state index in [-0.39, 0.29) is 16.4 Å². The van der Waals surface area contributed by atoms with Gasteiger partial charge in [0.1, 0.15) is 6.61 Å². The molecule has 226 valence electrons. The number of esters is 1. The highest BCUT2D eigenvalue weighted by Crippen LogP contribution is 2.51. The molecule has 42 heavy (non-hydrogen) atoms. The molecule has 4 rings (SSSR count). The molecule has 1 fully saturated rings. The lowest BCUT2D eigenvalue weighted by Crippen LogP contribution is -2.70. The molecule has 1 aliphatic rings. The number of carbonyl (C=O) groups excluding carboxylic acids is 1. The van der Waals surface area contributed by atoms with E-state index < -0.39 is 22.0 Å². The second kappa shape index (κ2) is 12.3. The molecular weight excluding hydrogens is 549 g/mol. The summed E-state index contributed by atoms with van der Waals surface area (Å²) in [5, 5.41) is 2.64. The third kappa shape index (κ3) is 6.84. The molecule has 1 aliphatic carbocycles. The zero-order chi connectivity index (χ0) is 30.8. The Kier molecular flexibility index (Phi) is 9.47. The minimum Gasteiger partial charge on any atom is -0.464 e. The van der Waals surface area contributed by atoms with Crippen molar-refractivity contribution in [1.82, 2.24) is 0 Å². The molecule has 0 N–H and O–H groups in total. The Morgan fingerprint density at radius 2 is 1.26 bits per heavy atom. The summed E-state index contributed by atoms with van der Waals surface area (Å²) in [6.45, 7) is 20.6. The van der Waals surface area contributed by atoms with Gasteiger partial charge in [0.2, 0.25) is 0 Å². The monoisotopic (exact) mass is 600 g/mol. The molecule has 3 atom stereocenters. The normalized spacial score (nSPS) is 21.7. The van der Waals surface area contributed by atoms with Crippen molar-refractivity contribution < 1.29 is 13.6 Å². The van der Waals surface area contributed by atoms with Gasteiger partial charge >= 0.3 is 5.97 Å². The van der Waals surface area contributed by atoms with E-state index in [0.717, 1.165) is 18.9 Å². The van der Waals surface area contributed by atoms with E-state index in [4.69, 9.17) is 8.85 Å². The van der Waals surface area contributed by atoms with Gasteiger partial charge in [0.05, 0.1) is 5.41 Å². The second-order valence-corrected chi connectivity index (χ2v) is 24.1. The molecule has 0 amide bonds. The summed E-state index contributed by atoms with van der Waals surface area (Å²) in [5.41, 5.74) is 0.599. The fourth-order valence-corrected chi connectivity index (χ4v) is 18.2. The molecule has 0 heterocycles. The smallest absolute Gasteiger partial charge is 0.311 e. The zero-order valence-corrected chi connectivity index (χ0v) is 29.4. The van der Waals surface area contributed by atoms with Gasteiger partial charge in [-0.1, -0.05) is 119 Å². The van der Waals surface area contributed by atoms with Crippen molar-refractivity contribution in [3.05, 3.63) is 96.6 Å². The van der Waals surface area contributed by atoms with Gasteiger partial charge in [-0.25, -0.2) is 0 Å². The molecule has 3 aromatic carbocycles. The summed E-state index contributed by atoms with van der Waals surface area (Å²) in [6, 6.07) is 33.9. The van der Waals surface area contributed by atoms with Gasteiger partial charge in [0.15, 0.2) is 8.32 Å². The van der Waals surface area contributed by atoms with E-state index >= 15 is 0 Å². The average Bonchev–Trinajstić information content (AvgIpc) is 3.25. The molecule has 0 radical (unpaired) electrons. The van der Waals surface area contributed by atoms with Crippen LogP contribution in [0.3, 0.4) is 0 Å². The average molecular weight is 601 g/mol. The van der Waals surface area contributed by atoms with Crippen LogP contribution < -0.4 is 10.4 Å². The van der Waals surface area contributed by atoms with Crippen LogP contribution in [0.1, 0.15) is 66.9 Å². The number of benzene rings is 3. The maximum Gasteiger partial charge on any atom is 0.311 e. The molecule has 0 saturated heterocycles. The Morgan fingerprint density at radius 1 is 0.786 bits per heavy atom. The lowest BCUT2D eigenvalue weighted by Gasteiger charge is -2.48. The predicted molar refractivity (Wildman–Crippen MR) is 181 cm³/mol. The van der Waals surface area contributed by atoms with Gasteiger partial charge in [0.25, 0.3) is 8.32 Å². The summed E-state index contributed by atoms with van der Waals surface area (Å²) >= 11 is 0. The molecule has 0 unspecified atom stereocenters. The number of hydrogen-bond acceptors (Lipinski definition) is 3. The van der Waals surface area contributed by atoms with Crippen molar-refractivity contribution in [2.75, 3.05) is 6.61 Å². The van der Waals surface area contributed by atoms with E-state index in [2.05, 4.69) is 132 Å². The lowest BCUT2D eigenvalue weighted by atomic mass is 9.78. The fraction of sp³-hybridized carbons (Fsp3) is 0.486. The topological polar surface area (TPSA) is 35.5 Å². The summed E-state index contributed by atoms with van der Waals surface area (Å²) in [5.74, 6) is 0.880. The number of ether oxygens (including phenoxy) is 1. The van der Waals surface area contributed by atoms with Crippen LogP contribution in [0, 0.1) is 17.3 Å². The molecule has 0 aromatic heterocycles. The highest BCUT2D eigenvalue weighted by atomic mass is 28.4. The third-order valence-electron chi connectivity index (χ3n) is 9.25. The maximum atomic E-state index is 12.9. The first-order chi connectivity index (χ1) is 19.6. The van der Waals surface area contributed by atoms with E-state index in [9.17, 15) is 4.79 Å². The predicted octanol–water partition coefficient (Wildman–Crippen LogP) is 8.34. The molecule has 0 bridgehead atoms. The SMILES string of the molecule is C[C@H]1C[C@](COC(=O)C(C)(C)C)(c2ccccc2)C[C@@H]1C[Si](C)(C)O[Si](c1ccccc1)(c1ccccc1)C(C)(C)C. The minimum atomic E-state index is -2.64. The summed E-state index contributed by atoms with van der Waals surface area (Å²) in [4.78, 5) is 12.9. The van der Waals surface area contributed by atoms with Gasteiger partial charge in [-0.2, -0.15) is 0 Å². The van der Waals surface area contributed by atoms with E-state index in [0.29, 0.717) is 18.4 Å².